The van der Waals surface area contributed by atoms with Gasteiger partial charge in [0, 0.05) is 12.0 Å². The quantitative estimate of drug-likeness (QED) is 0.289. The Morgan fingerprint density at radius 1 is 1.24 bits per heavy atom. The summed E-state index contributed by atoms with van der Waals surface area (Å²) in [5.74, 6) is 0.816. The molecule has 1 aromatic carbocycles. The van der Waals surface area contributed by atoms with E-state index in [1.165, 1.54) is 12.7 Å². The number of nitrogens with zero attached hydrogens (tertiary/aromatic N) is 3. The minimum atomic E-state index is -0.103. The van der Waals surface area contributed by atoms with Gasteiger partial charge in [0.2, 0.25) is 0 Å². The van der Waals surface area contributed by atoms with Crippen LogP contribution in [0.3, 0.4) is 0 Å². The standard InChI is InChI=1S/C22H21N3O2S2/c1-27-19(26)10-14-2-4-15(5-3-14)18-11-29-22-20(23-12-24-21(18)22)16-6-8-17(9-7-16)25-13-28/h6-9,11-12,14-15H,2-5,10H2,1H3. The van der Waals surface area contributed by atoms with E-state index in [1.54, 1.807) is 17.7 Å². The van der Waals surface area contributed by atoms with E-state index in [-0.39, 0.29) is 5.97 Å². The monoisotopic (exact) mass is 423 g/mol. The third-order valence-electron chi connectivity index (χ3n) is 5.67. The molecule has 0 unspecified atom stereocenters. The largest absolute Gasteiger partial charge is 0.469 e. The zero-order valence-electron chi connectivity index (χ0n) is 16.1. The summed E-state index contributed by atoms with van der Waals surface area (Å²) in [5, 5.41) is 4.62. The van der Waals surface area contributed by atoms with Gasteiger partial charge in [-0.25, -0.2) is 9.97 Å². The Morgan fingerprint density at radius 2 is 2.00 bits per heavy atom. The molecule has 0 radical (unpaired) electrons. The average Bonchev–Trinajstić information content (AvgIpc) is 3.19. The fourth-order valence-corrected chi connectivity index (χ4v) is 5.33. The van der Waals surface area contributed by atoms with Gasteiger partial charge in [0.05, 0.1) is 33.9 Å². The van der Waals surface area contributed by atoms with Crippen molar-refractivity contribution >= 4 is 50.6 Å². The number of methoxy groups -OCH3 is 1. The Balaban J connectivity index is 1.57. The van der Waals surface area contributed by atoms with Crippen molar-refractivity contribution in [1.82, 2.24) is 9.97 Å². The molecule has 4 rings (SSSR count). The number of esters is 1. The number of isothiocyanates is 1. The summed E-state index contributed by atoms with van der Waals surface area (Å²) in [7, 11) is 1.46. The molecule has 2 heterocycles. The summed E-state index contributed by atoms with van der Waals surface area (Å²) >= 11 is 6.37. The van der Waals surface area contributed by atoms with Gasteiger partial charge in [0.1, 0.15) is 6.33 Å². The number of carbonyl (C=O) groups is 1. The van der Waals surface area contributed by atoms with E-state index in [2.05, 4.69) is 37.7 Å². The summed E-state index contributed by atoms with van der Waals surface area (Å²) in [6, 6.07) is 7.84. The van der Waals surface area contributed by atoms with Crippen molar-refractivity contribution in [3.8, 4) is 11.3 Å². The fourth-order valence-electron chi connectivity index (χ4n) is 4.11. The van der Waals surface area contributed by atoms with Crippen molar-refractivity contribution < 1.29 is 9.53 Å². The number of hydrogen-bond donors (Lipinski definition) is 0. The maximum absolute atomic E-state index is 11.5. The molecule has 1 aliphatic carbocycles. The van der Waals surface area contributed by atoms with E-state index in [1.807, 2.05) is 24.3 Å². The van der Waals surface area contributed by atoms with Crippen molar-refractivity contribution in [3.05, 3.63) is 41.5 Å². The molecule has 1 aliphatic rings. The van der Waals surface area contributed by atoms with Crippen molar-refractivity contribution in [3.63, 3.8) is 0 Å². The topological polar surface area (TPSA) is 64.4 Å². The summed E-state index contributed by atoms with van der Waals surface area (Å²) in [4.78, 5) is 24.7. The number of rotatable bonds is 5. The number of hydrogen-bond acceptors (Lipinski definition) is 7. The van der Waals surface area contributed by atoms with Crippen LogP contribution in [0, 0.1) is 5.92 Å². The van der Waals surface area contributed by atoms with Crippen molar-refractivity contribution in [2.45, 2.75) is 38.0 Å². The lowest BCUT2D eigenvalue weighted by Crippen LogP contribution is -2.17. The van der Waals surface area contributed by atoms with Crippen molar-refractivity contribution in [2.75, 3.05) is 7.11 Å². The number of carbonyl (C=O) groups excluding carboxylic acids is 1. The highest BCUT2D eigenvalue weighted by Crippen LogP contribution is 2.42. The van der Waals surface area contributed by atoms with Gasteiger partial charge in [0.25, 0.3) is 0 Å². The van der Waals surface area contributed by atoms with Gasteiger partial charge < -0.3 is 4.74 Å². The first-order valence-corrected chi connectivity index (χ1v) is 11.0. The molecule has 0 aliphatic heterocycles. The molecule has 0 atom stereocenters. The highest BCUT2D eigenvalue weighted by atomic mass is 32.1. The third kappa shape index (κ3) is 4.27. The molecule has 1 fully saturated rings. The van der Waals surface area contributed by atoms with E-state index >= 15 is 0 Å². The number of ether oxygens (including phenoxy) is 1. The second-order valence-corrected chi connectivity index (χ2v) is 8.40. The van der Waals surface area contributed by atoms with Gasteiger partial charge in [0.15, 0.2) is 0 Å². The average molecular weight is 424 g/mol. The Labute approximate surface area is 178 Å². The number of benzene rings is 1. The molecular formula is C22H21N3O2S2. The Morgan fingerprint density at radius 3 is 2.69 bits per heavy atom. The first kappa shape index (κ1) is 19.8. The van der Waals surface area contributed by atoms with Crippen LogP contribution in [-0.4, -0.2) is 28.2 Å². The third-order valence-corrected chi connectivity index (χ3v) is 6.75. The van der Waals surface area contributed by atoms with Gasteiger partial charge in [-0.3, -0.25) is 4.79 Å². The van der Waals surface area contributed by atoms with E-state index in [0.717, 1.165) is 52.8 Å². The van der Waals surface area contributed by atoms with Gasteiger partial charge in [-0.15, -0.1) is 11.3 Å². The molecule has 7 heteroatoms. The summed E-state index contributed by atoms with van der Waals surface area (Å²) in [6.07, 6.45) is 6.45. The van der Waals surface area contributed by atoms with Gasteiger partial charge in [-0.05, 0) is 72.8 Å². The molecule has 0 spiro atoms. The Kier molecular flexibility index (Phi) is 6.09. The molecule has 0 amide bonds. The minimum Gasteiger partial charge on any atom is -0.469 e. The molecule has 2 aromatic heterocycles. The van der Waals surface area contributed by atoms with E-state index in [9.17, 15) is 4.79 Å². The van der Waals surface area contributed by atoms with Crippen LogP contribution in [0.5, 0.6) is 0 Å². The number of fused-ring (bicyclic) bond motifs is 1. The van der Waals surface area contributed by atoms with E-state index in [4.69, 9.17) is 4.74 Å². The van der Waals surface area contributed by atoms with Gasteiger partial charge >= 0.3 is 5.97 Å². The zero-order chi connectivity index (χ0) is 20.2. The molecule has 3 aromatic rings. The zero-order valence-corrected chi connectivity index (χ0v) is 17.8. The minimum absolute atomic E-state index is 0.103. The van der Waals surface area contributed by atoms with Crippen molar-refractivity contribution in [1.29, 1.82) is 0 Å². The highest BCUT2D eigenvalue weighted by Gasteiger charge is 2.27. The van der Waals surface area contributed by atoms with Crippen LogP contribution >= 0.6 is 23.6 Å². The predicted molar refractivity (Wildman–Crippen MR) is 119 cm³/mol. The fraction of sp³-hybridized carbons (Fsp3) is 0.364. The molecule has 29 heavy (non-hydrogen) atoms. The van der Waals surface area contributed by atoms with Crippen LogP contribution in [0.1, 0.15) is 43.6 Å². The molecule has 148 valence electrons. The van der Waals surface area contributed by atoms with Gasteiger partial charge in [-0.2, -0.15) is 4.99 Å². The number of aromatic nitrogens is 2. The molecule has 0 bridgehead atoms. The van der Waals surface area contributed by atoms with Crippen LogP contribution < -0.4 is 0 Å². The van der Waals surface area contributed by atoms with Crippen LogP contribution in [0.15, 0.2) is 41.0 Å². The number of thiocarbonyl (C=S) groups is 1. The molecule has 0 N–H and O–H groups in total. The summed E-state index contributed by atoms with van der Waals surface area (Å²) in [5.41, 5.74) is 5.13. The number of aliphatic imine (C=N–C) groups is 1. The second kappa shape index (κ2) is 8.91. The van der Waals surface area contributed by atoms with E-state index in [0.29, 0.717) is 18.3 Å². The normalized spacial score (nSPS) is 18.9. The van der Waals surface area contributed by atoms with Crippen LogP contribution in [-0.2, 0) is 9.53 Å². The molecule has 1 saturated carbocycles. The van der Waals surface area contributed by atoms with Crippen LogP contribution in [0.2, 0.25) is 0 Å². The maximum atomic E-state index is 11.5. The number of thiophene rings is 1. The maximum Gasteiger partial charge on any atom is 0.305 e. The van der Waals surface area contributed by atoms with Gasteiger partial charge in [-0.1, -0.05) is 12.1 Å². The van der Waals surface area contributed by atoms with Crippen molar-refractivity contribution in [2.24, 2.45) is 10.9 Å². The lowest BCUT2D eigenvalue weighted by molar-refractivity contribution is -0.142. The summed E-state index contributed by atoms with van der Waals surface area (Å²) in [6.45, 7) is 0. The first-order chi connectivity index (χ1) is 14.2. The SMILES string of the molecule is COC(=O)CC1CCC(c2csc3c(-c4ccc(N=C=S)cc4)ncnc23)CC1. The molecule has 5 nitrogen and oxygen atoms in total. The molecular weight excluding hydrogens is 402 g/mol. The molecule has 0 saturated heterocycles. The first-order valence-electron chi connectivity index (χ1n) is 9.66. The smallest absolute Gasteiger partial charge is 0.305 e. The van der Waals surface area contributed by atoms with E-state index < -0.39 is 0 Å². The Hall–Kier alpha value is -2.47. The van der Waals surface area contributed by atoms with Crippen LogP contribution in [0.25, 0.3) is 21.5 Å². The van der Waals surface area contributed by atoms with Crippen LogP contribution in [0.4, 0.5) is 5.69 Å². The predicted octanol–water partition coefficient (Wildman–Crippen LogP) is 5.93. The second-order valence-electron chi connectivity index (χ2n) is 7.34. The lowest BCUT2D eigenvalue weighted by Gasteiger charge is -2.27. The summed E-state index contributed by atoms with van der Waals surface area (Å²) < 4.78 is 5.93. The lowest BCUT2D eigenvalue weighted by atomic mass is 9.78. The Bertz CT molecular complexity index is 1060. The highest BCUT2D eigenvalue weighted by molar-refractivity contribution is 7.78.